The summed E-state index contributed by atoms with van der Waals surface area (Å²) in [5.41, 5.74) is 7.03. The number of rotatable bonds is 6. The summed E-state index contributed by atoms with van der Waals surface area (Å²) in [7, 11) is 0. The van der Waals surface area contributed by atoms with Crippen molar-refractivity contribution >= 4 is 11.6 Å². The lowest BCUT2D eigenvalue weighted by Gasteiger charge is -2.17. The Morgan fingerprint density at radius 2 is 2.12 bits per heavy atom. The van der Waals surface area contributed by atoms with Crippen LogP contribution in [0.3, 0.4) is 0 Å². The molecule has 17 heavy (non-hydrogen) atoms. The molecule has 0 bridgehead atoms. The van der Waals surface area contributed by atoms with E-state index in [1.54, 1.807) is 6.07 Å². The van der Waals surface area contributed by atoms with Crippen molar-refractivity contribution in [1.29, 1.82) is 0 Å². The fraction of sp³-hybridized carbons (Fsp3) is 0.571. The lowest BCUT2D eigenvalue weighted by atomic mass is 9.94. The summed E-state index contributed by atoms with van der Waals surface area (Å²) in [5, 5.41) is 0.476. The molecule has 0 amide bonds. The zero-order chi connectivity index (χ0) is 12.8. The topological polar surface area (TPSA) is 26.0 Å². The van der Waals surface area contributed by atoms with E-state index in [9.17, 15) is 4.39 Å². The molecule has 0 spiro atoms. The maximum Gasteiger partial charge on any atom is 0.124 e. The summed E-state index contributed by atoms with van der Waals surface area (Å²) in [6.45, 7) is 4.40. The molecule has 1 aromatic carbocycles. The second kappa shape index (κ2) is 6.97. The zero-order valence-electron chi connectivity index (χ0n) is 10.5. The van der Waals surface area contributed by atoms with Gasteiger partial charge in [0.15, 0.2) is 0 Å². The van der Waals surface area contributed by atoms with Crippen molar-refractivity contribution in [3.05, 3.63) is 34.6 Å². The van der Waals surface area contributed by atoms with Crippen molar-refractivity contribution in [2.24, 2.45) is 11.7 Å². The third kappa shape index (κ3) is 5.05. The summed E-state index contributed by atoms with van der Waals surface area (Å²) in [5.74, 6) is 0.334. The molecule has 1 rings (SSSR count). The molecule has 2 unspecified atom stereocenters. The fourth-order valence-electron chi connectivity index (χ4n) is 2.18. The van der Waals surface area contributed by atoms with E-state index in [1.807, 2.05) is 0 Å². The first-order valence-electron chi connectivity index (χ1n) is 6.22. The second-order valence-corrected chi connectivity index (χ2v) is 5.24. The molecule has 0 aromatic heterocycles. The molecule has 0 saturated heterocycles. The zero-order valence-corrected chi connectivity index (χ0v) is 11.3. The van der Waals surface area contributed by atoms with Gasteiger partial charge in [-0.2, -0.15) is 0 Å². The molecule has 1 nitrogen and oxygen atoms in total. The molecule has 0 heterocycles. The van der Waals surface area contributed by atoms with E-state index in [1.165, 1.54) is 25.0 Å². The van der Waals surface area contributed by atoms with Gasteiger partial charge in [0.1, 0.15) is 5.82 Å². The van der Waals surface area contributed by atoms with Crippen molar-refractivity contribution in [1.82, 2.24) is 0 Å². The summed E-state index contributed by atoms with van der Waals surface area (Å²) in [6.07, 6.45) is 4.09. The van der Waals surface area contributed by atoms with Crippen LogP contribution in [0.25, 0.3) is 0 Å². The van der Waals surface area contributed by atoms with Crippen LogP contribution < -0.4 is 5.73 Å². The fourth-order valence-corrected chi connectivity index (χ4v) is 2.42. The highest BCUT2D eigenvalue weighted by Crippen LogP contribution is 2.20. The summed E-state index contributed by atoms with van der Waals surface area (Å²) >= 11 is 5.98. The van der Waals surface area contributed by atoms with Gasteiger partial charge in [-0.3, -0.25) is 0 Å². The van der Waals surface area contributed by atoms with Crippen LogP contribution in [-0.2, 0) is 6.42 Å². The van der Waals surface area contributed by atoms with Crippen LogP contribution in [0.2, 0.25) is 5.02 Å². The van der Waals surface area contributed by atoms with E-state index in [-0.39, 0.29) is 11.9 Å². The van der Waals surface area contributed by atoms with Crippen LogP contribution >= 0.6 is 11.6 Å². The van der Waals surface area contributed by atoms with E-state index >= 15 is 0 Å². The Labute approximate surface area is 108 Å². The molecular formula is C14H21ClFN. The van der Waals surface area contributed by atoms with Crippen LogP contribution in [-0.4, -0.2) is 6.04 Å². The van der Waals surface area contributed by atoms with Gasteiger partial charge in [0.25, 0.3) is 0 Å². The van der Waals surface area contributed by atoms with E-state index in [0.29, 0.717) is 17.4 Å². The minimum Gasteiger partial charge on any atom is -0.327 e. The number of hydrogen-bond donors (Lipinski definition) is 1. The largest absolute Gasteiger partial charge is 0.327 e. The highest BCUT2D eigenvalue weighted by Gasteiger charge is 2.11. The Morgan fingerprint density at radius 3 is 2.71 bits per heavy atom. The highest BCUT2D eigenvalue weighted by molar-refractivity contribution is 6.31. The standard InChI is InChI=1S/C14H21ClFN/c1-3-4-10(2)7-13(17)8-11-5-6-12(16)9-14(11)15/h5-6,9-10,13H,3-4,7-8,17H2,1-2H3. The van der Waals surface area contributed by atoms with Gasteiger partial charge in [-0.1, -0.05) is 44.4 Å². The Hall–Kier alpha value is -0.600. The van der Waals surface area contributed by atoms with E-state index in [4.69, 9.17) is 17.3 Å². The predicted molar refractivity (Wildman–Crippen MR) is 71.8 cm³/mol. The van der Waals surface area contributed by atoms with Gasteiger partial charge in [0.05, 0.1) is 0 Å². The quantitative estimate of drug-likeness (QED) is 0.813. The Kier molecular flexibility index (Phi) is 5.93. The molecule has 3 heteroatoms. The van der Waals surface area contributed by atoms with Gasteiger partial charge >= 0.3 is 0 Å². The van der Waals surface area contributed by atoms with Gasteiger partial charge in [0, 0.05) is 11.1 Å². The van der Waals surface area contributed by atoms with Gasteiger partial charge in [-0.05, 0) is 36.5 Å². The lowest BCUT2D eigenvalue weighted by molar-refractivity contribution is 0.431. The van der Waals surface area contributed by atoms with E-state index in [0.717, 1.165) is 12.0 Å². The molecule has 0 aliphatic rings. The number of benzene rings is 1. The molecule has 96 valence electrons. The van der Waals surface area contributed by atoms with Crippen LogP contribution in [0.4, 0.5) is 4.39 Å². The van der Waals surface area contributed by atoms with Crippen molar-refractivity contribution in [3.63, 3.8) is 0 Å². The van der Waals surface area contributed by atoms with Crippen LogP contribution in [0, 0.1) is 11.7 Å². The molecule has 0 aliphatic heterocycles. The van der Waals surface area contributed by atoms with Crippen LogP contribution in [0.15, 0.2) is 18.2 Å². The molecule has 2 atom stereocenters. The first kappa shape index (κ1) is 14.5. The van der Waals surface area contributed by atoms with Crippen LogP contribution in [0.5, 0.6) is 0 Å². The van der Waals surface area contributed by atoms with Gasteiger partial charge in [-0.25, -0.2) is 4.39 Å². The maximum absolute atomic E-state index is 12.9. The SMILES string of the molecule is CCCC(C)CC(N)Cc1ccc(F)cc1Cl. The number of halogens is 2. The molecule has 0 fully saturated rings. The summed E-state index contributed by atoms with van der Waals surface area (Å²) in [6, 6.07) is 4.60. The maximum atomic E-state index is 12.9. The Bertz CT molecular complexity index is 354. The van der Waals surface area contributed by atoms with Crippen molar-refractivity contribution in [3.8, 4) is 0 Å². The van der Waals surface area contributed by atoms with Crippen molar-refractivity contribution in [2.75, 3.05) is 0 Å². The average molecular weight is 258 g/mol. The molecule has 0 radical (unpaired) electrons. The monoisotopic (exact) mass is 257 g/mol. The van der Waals surface area contributed by atoms with Crippen LogP contribution in [0.1, 0.15) is 38.7 Å². The smallest absolute Gasteiger partial charge is 0.124 e. The predicted octanol–water partition coefficient (Wildman–Crippen LogP) is 4.18. The lowest BCUT2D eigenvalue weighted by Crippen LogP contribution is -2.25. The molecule has 0 aliphatic carbocycles. The molecule has 1 aromatic rings. The second-order valence-electron chi connectivity index (χ2n) is 4.83. The highest BCUT2D eigenvalue weighted by atomic mass is 35.5. The molecule has 0 saturated carbocycles. The minimum absolute atomic E-state index is 0.0968. The molecule has 2 N–H and O–H groups in total. The normalized spacial score (nSPS) is 14.6. The minimum atomic E-state index is -0.299. The van der Waals surface area contributed by atoms with Gasteiger partial charge < -0.3 is 5.73 Å². The van der Waals surface area contributed by atoms with Gasteiger partial charge in [0.2, 0.25) is 0 Å². The first-order chi connectivity index (χ1) is 8.02. The van der Waals surface area contributed by atoms with E-state index < -0.39 is 0 Å². The van der Waals surface area contributed by atoms with Gasteiger partial charge in [-0.15, -0.1) is 0 Å². The molecular weight excluding hydrogens is 237 g/mol. The Morgan fingerprint density at radius 1 is 1.41 bits per heavy atom. The van der Waals surface area contributed by atoms with E-state index in [2.05, 4.69) is 13.8 Å². The van der Waals surface area contributed by atoms with Crippen molar-refractivity contribution in [2.45, 2.75) is 45.6 Å². The summed E-state index contributed by atoms with van der Waals surface area (Å²) < 4.78 is 12.9. The average Bonchev–Trinajstić information content (AvgIpc) is 2.22. The third-order valence-corrected chi connectivity index (χ3v) is 3.34. The summed E-state index contributed by atoms with van der Waals surface area (Å²) in [4.78, 5) is 0. The number of hydrogen-bond acceptors (Lipinski definition) is 1. The first-order valence-corrected chi connectivity index (χ1v) is 6.60. The number of nitrogens with two attached hydrogens (primary N) is 1. The van der Waals surface area contributed by atoms with Crippen molar-refractivity contribution < 1.29 is 4.39 Å². The Balaban J connectivity index is 2.52. The third-order valence-electron chi connectivity index (χ3n) is 2.98.